The largest absolute Gasteiger partial charge is 0.444 e. The van der Waals surface area contributed by atoms with Crippen molar-refractivity contribution in [2.24, 2.45) is 0 Å². The number of carbonyl (C=O) groups excluding carboxylic acids is 1. The van der Waals surface area contributed by atoms with Crippen LogP contribution in [0.3, 0.4) is 0 Å². The number of carbonyl (C=O) groups is 1. The number of amides is 1. The highest BCUT2D eigenvalue weighted by atomic mass is 32.1. The molecule has 2 rings (SSSR count). The van der Waals surface area contributed by atoms with Gasteiger partial charge in [0.1, 0.15) is 5.60 Å². The Morgan fingerprint density at radius 3 is 2.74 bits per heavy atom. The van der Waals surface area contributed by atoms with Gasteiger partial charge in [0.15, 0.2) is 0 Å². The maximum Gasteiger partial charge on any atom is 0.410 e. The van der Waals surface area contributed by atoms with Gasteiger partial charge in [0, 0.05) is 31.1 Å². The first-order valence-electron chi connectivity index (χ1n) is 8.27. The highest BCUT2D eigenvalue weighted by Crippen LogP contribution is 2.17. The van der Waals surface area contributed by atoms with E-state index in [9.17, 15) is 4.79 Å². The van der Waals surface area contributed by atoms with Crippen LogP contribution >= 0.6 is 11.3 Å². The van der Waals surface area contributed by atoms with Gasteiger partial charge in [0.25, 0.3) is 0 Å². The highest BCUT2D eigenvalue weighted by Gasteiger charge is 2.26. The third-order valence-electron chi connectivity index (χ3n) is 3.61. The van der Waals surface area contributed by atoms with Gasteiger partial charge in [0.05, 0.1) is 12.7 Å². The van der Waals surface area contributed by atoms with Crippen molar-refractivity contribution in [3.8, 4) is 0 Å². The van der Waals surface area contributed by atoms with Crippen molar-refractivity contribution in [3.63, 3.8) is 0 Å². The Balaban J connectivity index is 1.55. The van der Waals surface area contributed by atoms with Gasteiger partial charge in [-0.15, -0.1) is 11.3 Å². The van der Waals surface area contributed by atoms with Crippen LogP contribution in [0, 0.1) is 0 Å². The van der Waals surface area contributed by atoms with Gasteiger partial charge >= 0.3 is 6.09 Å². The summed E-state index contributed by atoms with van der Waals surface area (Å²) in [4.78, 5) is 15.1. The molecule has 1 saturated heterocycles. The van der Waals surface area contributed by atoms with Gasteiger partial charge < -0.3 is 19.7 Å². The first-order valence-corrected chi connectivity index (χ1v) is 9.14. The van der Waals surface area contributed by atoms with E-state index in [1.165, 1.54) is 4.88 Å². The number of ether oxygens (including phenoxy) is 2. The van der Waals surface area contributed by atoms with Crippen molar-refractivity contribution in [2.75, 3.05) is 26.2 Å². The summed E-state index contributed by atoms with van der Waals surface area (Å²) in [6.45, 7) is 9.56. The Morgan fingerprint density at radius 2 is 2.13 bits per heavy atom. The van der Waals surface area contributed by atoms with E-state index in [4.69, 9.17) is 9.47 Å². The Bertz CT molecular complexity index is 463. The van der Waals surface area contributed by atoms with Crippen molar-refractivity contribution in [2.45, 2.75) is 51.9 Å². The molecule has 130 valence electrons. The lowest BCUT2D eigenvalue weighted by Gasteiger charge is -2.33. The molecule has 6 heteroatoms. The Kier molecular flexibility index (Phi) is 6.87. The molecule has 0 spiro atoms. The van der Waals surface area contributed by atoms with Crippen LogP contribution in [-0.4, -0.2) is 48.9 Å². The summed E-state index contributed by atoms with van der Waals surface area (Å²) < 4.78 is 11.3. The molecule has 2 heterocycles. The fourth-order valence-corrected chi connectivity index (χ4v) is 3.13. The van der Waals surface area contributed by atoms with Crippen molar-refractivity contribution in [1.29, 1.82) is 0 Å². The van der Waals surface area contributed by atoms with Gasteiger partial charge in [-0.1, -0.05) is 6.07 Å². The van der Waals surface area contributed by atoms with E-state index < -0.39 is 5.60 Å². The predicted molar refractivity (Wildman–Crippen MR) is 92.8 cm³/mol. The molecule has 1 aliphatic rings. The second-order valence-electron chi connectivity index (χ2n) is 6.79. The average Bonchev–Trinajstić information content (AvgIpc) is 2.99. The van der Waals surface area contributed by atoms with Crippen LogP contribution in [-0.2, 0) is 16.0 Å². The zero-order chi connectivity index (χ0) is 16.7. The van der Waals surface area contributed by atoms with E-state index in [1.54, 1.807) is 16.2 Å². The average molecular weight is 340 g/mol. The van der Waals surface area contributed by atoms with E-state index in [2.05, 4.69) is 22.8 Å². The summed E-state index contributed by atoms with van der Waals surface area (Å²) in [5.74, 6) is 0. The second-order valence-corrected chi connectivity index (χ2v) is 7.83. The summed E-state index contributed by atoms with van der Waals surface area (Å²) in [6.07, 6.45) is 1.79. The number of nitrogens with one attached hydrogen (secondary N) is 1. The number of hydrogen-bond acceptors (Lipinski definition) is 5. The number of nitrogens with zero attached hydrogens (tertiary/aromatic N) is 1. The predicted octanol–water partition coefficient (Wildman–Crippen LogP) is 3.25. The molecule has 1 fully saturated rings. The van der Waals surface area contributed by atoms with Crippen LogP contribution in [0.4, 0.5) is 4.79 Å². The molecule has 23 heavy (non-hydrogen) atoms. The number of thiophene rings is 1. The standard InChI is InChI=1S/C17H28N2O3S/c1-17(2,3)22-16(20)19-9-6-14(7-10-19)21-11-8-18-13-15-5-4-12-23-15/h4-5,12,14,18H,6-11,13H2,1-3H3. The molecule has 0 unspecified atom stereocenters. The number of piperidine rings is 1. The third-order valence-corrected chi connectivity index (χ3v) is 4.48. The lowest BCUT2D eigenvalue weighted by molar-refractivity contribution is -0.0104. The molecule has 1 N–H and O–H groups in total. The molecule has 1 aromatic rings. The third kappa shape index (κ3) is 6.89. The first-order chi connectivity index (χ1) is 10.9. The minimum atomic E-state index is -0.432. The quantitative estimate of drug-likeness (QED) is 0.808. The van der Waals surface area contributed by atoms with Crippen molar-refractivity contribution in [1.82, 2.24) is 10.2 Å². The van der Waals surface area contributed by atoms with Crippen molar-refractivity contribution in [3.05, 3.63) is 22.4 Å². The van der Waals surface area contributed by atoms with Gasteiger partial charge in [-0.25, -0.2) is 4.79 Å². The van der Waals surface area contributed by atoms with Gasteiger partial charge in [-0.3, -0.25) is 0 Å². The molecule has 0 atom stereocenters. The molecule has 0 aromatic carbocycles. The van der Waals surface area contributed by atoms with Crippen LogP contribution in [0.2, 0.25) is 0 Å². The Morgan fingerprint density at radius 1 is 1.39 bits per heavy atom. The van der Waals surface area contributed by atoms with Crippen LogP contribution in [0.15, 0.2) is 17.5 Å². The fraction of sp³-hybridized carbons (Fsp3) is 0.706. The van der Waals surface area contributed by atoms with E-state index >= 15 is 0 Å². The summed E-state index contributed by atoms with van der Waals surface area (Å²) in [6, 6.07) is 4.20. The van der Waals surface area contributed by atoms with Gasteiger partial charge in [0.2, 0.25) is 0 Å². The molecule has 5 nitrogen and oxygen atoms in total. The fourth-order valence-electron chi connectivity index (χ4n) is 2.45. The van der Waals surface area contributed by atoms with Crippen LogP contribution in [0.1, 0.15) is 38.5 Å². The zero-order valence-corrected chi connectivity index (χ0v) is 15.2. The number of rotatable bonds is 6. The SMILES string of the molecule is CC(C)(C)OC(=O)N1CCC(OCCNCc2cccs2)CC1. The lowest BCUT2D eigenvalue weighted by Crippen LogP contribution is -2.43. The summed E-state index contributed by atoms with van der Waals surface area (Å²) >= 11 is 1.76. The lowest BCUT2D eigenvalue weighted by atomic mass is 10.1. The van der Waals surface area contributed by atoms with Crippen LogP contribution < -0.4 is 5.32 Å². The molecule has 1 aliphatic heterocycles. The molecule has 1 amide bonds. The summed E-state index contributed by atoms with van der Waals surface area (Å²) in [7, 11) is 0. The molecular weight excluding hydrogens is 312 g/mol. The van der Waals surface area contributed by atoms with Crippen molar-refractivity contribution < 1.29 is 14.3 Å². The molecule has 0 bridgehead atoms. The van der Waals surface area contributed by atoms with Crippen LogP contribution in [0.25, 0.3) is 0 Å². The maximum absolute atomic E-state index is 12.0. The smallest absolute Gasteiger partial charge is 0.410 e. The van der Waals surface area contributed by atoms with Gasteiger partial charge in [-0.2, -0.15) is 0 Å². The normalized spacial score (nSPS) is 16.6. The Labute approximate surface area is 143 Å². The maximum atomic E-state index is 12.0. The first kappa shape index (κ1) is 18.2. The minimum absolute atomic E-state index is 0.214. The second kappa shape index (κ2) is 8.66. The number of likely N-dealkylation sites (tertiary alicyclic amines) is 1. The monoisotopic (exact) mass is 340 g/mol. The summed E-state index contributed by atoms with van der Waals surface area (Å²) in [5, 5.41) is 5.47. The topological polar surface area (TPSA) is 50.8 Å². The Hall–Kier alpha value is -1.11. The molecule has 0 radical (unpaired) electrons. The van der Waals surface area contributed by atoms with E-state index in [-0.39, 0.29) is 12.2 Å². The molecule has 1 aromatic heterocycles. The van der Waals surface area contributed by atoms with E-state index in [1.807, 2.05) is 20.8 Å². The van der Waals surface area contributed by atoms with Gasteiger partial charge in [-0.05, 0) is 45.1 Å². The van der Waals surface area contributed by atoms with Crippen molar-refractivity contribution >= 4 is 17.4 Å². The van der Waals surface area contributed by atoms with Crippen LogP contribution in [0.5, 0.6) is 0 Å². The van der Waals surface area contributed by atoms with E-state index in [0.29, 0.717) is 19.7 Å². The molecule has 0 aliphatic carbocycles. The molecule has 0 saturated carbocycles. The minimum Gasteiger partial charge on any atom is -0.444 e. The summed E-state index contributed by atoms with van der Waals surface area (Å²) in [5.41, 5.74) is -0.432. The molecular formula is C17H28N2O3S. The highest BCUT2D eigenvalue weighted by molar-refractivity contribution is 7.09. The zero-order valence-electron chi connectivity index (χ0n) is 14.3. The van der Waals surface area contributed by atoms with E-state index in [0.717, 1.165) is 25.9 Å². The number of hydrogen-bond donors (Lipinski definition) is 1.